The van der Waals surface area contributed by atoms with Crippen LogP contribution in [-0.4, -0.2) is 10.8 Å². The summed E-state index contributed by atoms with van der Waals surface area (Å²) in [6.07, 6.45) is 0. The average molecular weight is 117 g/mol. The van der Waals surface area contributed by atoms with Crippen LogP contribution in [0.3, 0.4) is 0 Å². The first-order chi connectivity index (χ1) is 3.18. The van der Waals surface area contributed by atoms with Crippen molar-refractivity contribution in [1.82, 2.24) is 0 Å². The van der Waals surface area contributed by atoms with E-state index in [1.54, 1.807) is 0 Å². The number of hydrogen-bond donors (Lipinski definition) is 0. The van der Waals surface area contributed by atoms with Crippen LogP contribution < -0.4 is 0 Å². The summed E-state index contributed by atoms with van der Waals surface area (Å²) in [6, 6.07) is 0. The van der Waals surface area contributed by atoms with Crippen molar-refractivity contribution in [2.24, 2.45) is 5.18 Å². The highest BCUT2D eigenvalue weighted by atomic mass is 32.1. The molecule has 0 aliphatic carbocycles. The molecule has 0 unspecified atom stereocenters. The number of ketones is 1. The van der Waals surface area contributed by atoms with E-state index in [0.29, 0.717) is 0 Å². The Morgan fingerprint density at radius 2 is 2.14 bits per heavy atom. The molecule has 0 radical (unpaired) electrons. The molecule has 7 heavy (non-hydrogen) atoms. The molecule has 0 spiro atoms. The van der Waals surface area contributed by atoms with Crippen LogP contribution in [0.4, 0.5) is 0 Å². The molecule has 0 saturated heterocycles. The van der Waals surface area contributed by atoms with Crippen molar-refractivity contribution in [2.45, 2.75) is 6.92 Å². The van der Waals surface area contributed by atoms with Gasteiger partial charge in [-0.1, -0.05) is 12.2 Å². The van der Waals surface area contributed by atoms with Gasteiger partial charge in [0.1, 0.15) is 0 Å². The van der Waals surface area contributed by atoms with Crippen LogP contribution in [-0.2, 0) is 4.79 Å². The van der Waals surface area contributed by atoms with Crippen LogP contribution in [0.5, 0.6) is 0 Å². The van der Waals surface area contributed by atoms with Crippen molar-refractivity contribution in [3.05, 3.63) is 4.91 Å². The molecule has 0 aromatic heterocycles. The Hall–Kier alpha value is -0.640. The largest absolute Gasteiger partial charge is 0.292 e. The second-order valence-electron chi connectivity index (χ2n) is 0.953. The van der Waals surface area contributed by atoms with Gasteiger partial charge in [0.05, 0.1) is 0 Å². The zero-order valence-corrected chi connectivity index (χ0v) is 4.49. The smallest absolute Gasteiger partial charge is 0.213 e. The predicted molar refractivity (Wildman–Crippen MR) is 29.1 cm³/mol. The maximum absolute atomic E-state index is 9.94. The quantitative estimate of drug-likeness (QED) is 0.374. The van der Waals surface area contributed by atoms with Gasteiger partial charge < -0.3 is 0 Å². The van der Waals surface area contributed by atoms with Crippen molar-refractivity contribution in [3.63, 3.8) is 0 Å². The van der Waals surface area contributed by atoms with Gasteiger partial charge in [0, 0.05) is 6.92 Å². The molecule has 0 aromatic rings. The number of Topliss-reactive ketones (excluding diaryl/α,β-unsaturated/α-hetero) is 1. The molecule has 0 aliphatic heterocycles. The average Bonchev–Trinajstić information content (AvgIpc) is 1.65. The minimum atomic E-state index is -0.454. The highest BCUT2D eigenvalue weighted by molar-refractivity contribution is 7.82. The van der Waals surface area contributed by atoms with Crippen LogP contribution in [0.25, 0.3) is 0 Å². The fraction of sp³-hybridized carbons (Fsp3) is 0.333. The molecule has 0 heterocycles. The first-order valence-corrected chi connectivity index (χ1v) is 1.97. The topological polar surface area (TPSA) is 46.5 Å². The maximum Gasteiger partial charge on any atom is 0.213 e. The molecular weight excluding hydrogens is 114 g/mol. The summed E-state index contributed by atoms with van der Waals surface area (Å²) in [7, 11) is 0. The van der Waals surface area contributed by atoms with Crippen molar-refractivity contribution in [2.75, 3.05) is 0 Å². The normalized spacial score (nSPS) is 7.57. The molecule has 0 rings (SSSR count). The number of nitrogens with zero attached hydrogens (tertiary/aromatic N) is 1. The fourth-order valence-electron chi connectivity index (χ4n) is 0.0643. The molecule has 0 fully saturated rings. The van der Waals surface area contributed by atoms with Crippen molar-refractivity contribution >= 4 is 23.0 Å². The third-order valence-electron chi connectivity index (χ3n) is 0.384. The highest BCUT2D eigenvalue weighted by Crippen LogP contribution is 1.78. The maximum atomic E-state index is 9.94. The van der Waals surface area contributed by atoms with Crippen molar-refractivity contribution in [3.8, 4) is 0 Å². The molecule has 0 bridgehead atoms. The molecule has 0 aromatic carbocycles. The third kappa shape index (κ3) is 2.11. The summed E-state index contributed by atoms with van der Waals surface area (Å²) < 4.78 is 0. The van der Waals surface area contributed by atoms with Crippen LogP contribution in [0.15, 0.2) is 5.18 Å². The van der Waals surface area contributed by atoms with Gasteiger partial charge in [0.15, 0.2) is 5.78 Å². The molecule has 0 amide bonds. The molecular formula is C3H3NO2S. The first kappa shape index (κ1) is 6.36. The Bertz CT molecular complexity index is 120. The lowest BCUT2D eigenvalue weighted by Gasteiger charge is -1.75. The van der Waals surface area contributed by atoms with E-state index in [9.17, 15) is 9.70 Å². The van der Waals surface area contributed by atoms with Crippen LogP contribution in [0.2, 0.25) is 0 Å². The number of thiocarbonyl (C=S) groups is 1. The molecule has 0 saturated carbocycles. The van der Waals surface area contributed by atoms with E-state index in [1.807, 2.05) is 0 Å². The van der Waals surface area contributed by atoms with Gasteiger partial charge >= 0.3 is 0 Å². The van der Waals surface area contributed by atoms with Gasteiger partial charge in [-0.05, 0) is 5.18 Å². The Kier molecular flexibility index (Phi) is 2.29. The van der Waals surface area contributed by atoms with Gasteiger partial charge in [-0.15, -0.1) is 4.91 Å². The Labute approximate surface area is 45.7 Å². The van der Waals surface area contributed by atoms with E-state index in [1.165, 1.54) is 6.92 Å². The van der Waals surface area contributed by atoms with Gasteiger partial charge in [-0.3, -0.25) is 4.79 Å². The monoisotopic (exact) mass is 117 g/mol. The lowest BCUT2D eigenvalue weighted by Crippen LogP contribution is -2.00. The highest BCUT2D eigenvalue weighted by Gasteiger charge is 1.98. The lowest BCUT2D eigenvalue weighted by molar-refractivity contribution is -0.110. The summed E-state index contributed by atoms with van der Waals surface area (Å²) in [6.45, 7) is 1.20. The van der Waals surface area contributed by atoms with Gasteiger partial charge in [0.2, 0.25) is 4.99 Å². The van der Waals surface area contributed by atoms with Crippen LogP contribution in [0, 0.1) is 4.91 Å². The summed E-state index contributed by atoms with van der Waals surface area (Å²) in [5.41, 5.74) is 0. The zero-order chi connectivity index (χ0) is 5.86. The number of carbonyl (C=O) groups is 1. The SMILES string of the molecule is CC(=O)C(=S)N=O. The predicted octanol–water partition coefficient (Wildman–Crippen LogP) is 0.669. The molecule has 38 valence electrons. The van der Waals surface area contributed by atoms with Gasteiger partial charge in [0.25, 0.3) is 0 Å². The molecule has 4 heteroatoms. The van der Waals surface area contributed by atoms with E-state index in [2.05, 4.69) is 17.4 Å². The van der Waals surface area contributed by atoms with Crippen LogP contribution in [0.1, 0.15) is 6.92 Å². The molecule has 0 atom stereocenters. The Morgan fingerprint density at radius 1 is 1.71 bits per heavy atom. The number of nitroso groups, excluding NO2 is 1. The standard InChI is InChI=1S/C3H3NO2S/c1-2(5)3(7)4-6/h1H3. The second-order valence-corrected chi connectivity index (χ2v) is 1.34. The lowest BCUT2D eigenvalue weighted by atomic mass is 10.5. The van der Waals surface area contributed by atoms with E-state index < -0.39 is 5.78 Å². The minimum absolute atomic E-state index is 0.389. The van der Waals surface area contributed by atoms with Crippen LogP contribution >= 0.6 is 12.2 Å². The van der Waals surface area contributed by atoms with E-state index in [0.717, 1.165) is 0 Å². The number of hydrogen-bond acceptors (Lipinski definition) is 3. The van der Waals surface area contributed by atoms with Gasteiger partial charge in [-0.2, -0.15) is 0 Å². The van der Waals surface area contributed by atoms with E-state index in [-0.39, 0.29) is 4.99 Å². The van der Waals surface area contributed by atoms with E-state index in [4.69, 9.17) is 0 Å². The van der Waals surface area contributed by atoms with Gasteiger partial charge in [-0.25, -0.2) is 0 Å². The fourth-order valence-corrected chi connectivity index (χ4v) is 0.0643. The first-order valence-electron chi connectivity index (χ1n) is 1.56. The summed E-state index contributed by atoms with van der Waals surface area (Å²) in [5.74, 6) is -0.454. The third-order valence-corrected chi connectivity index (χ3v) is 0.746. The molecule has 0 aliphatic rings. The minimum Gasteiger partial charge on any atom is -0.292 e. The molecule has 3 nitrogen and oxygen atoms in total. The molecule has 0 N–H and O–H groups in total. The number of rotatable bonds is 1. The Morgan fingerprint density at radius 3 is 2.14 bits per heavy atom. The number of carbonyl (C=O) groups excluding carboxylic acids is 1. The van der Waals surface area contributed by atoms with Crippen molar-refractivity contribution in [1.29, 1.82) is 0 Å². The summed E-state index contributed by atoms with van der Waals surface area (Å²) in [5, 5.41) is 2.22. The van der Waals surface area contributed by atoms with Crippen molar-refractivity contribution < 1.29 is 4.79 Å². The zero-order valence-electron chi connectivity index (χ0n) is 3.67. The summed E-state index contributed by atoms with van der Waals surface area (Å²) in [4.78, 5) is 18.9. The summed E-state index contributed by atoms with van der Waals surface area (Å²) >= 11 is 4.15. The Balaban J connectivity index is 3.81. The second kappa shape index (κ2) is 2.52. The van der Waals surface area contributed by atoms with E-state index >= 15 is 0 Å².